The van der Waals surface area contributed by atoms with Crippen LogP contribution >= 0.6 is 0 Å². The smallest absolute Gasteiger partial charge is 0.483 e. The summed E-state index contributed by atoms with van der Waals surface area (Å²) in [4.78, 5) is 125. The fraction of sp³-hybridized carbons (Fsp3) is 0.619. The van der Waals surface area contributed by atoms with E-state index in [1.165, 1.54) is 59.2 Å². The summed E-state index contributed by atoms with van der Waals surface area (Å²) in [6.45, 7) is 24.3. The van der Waals surface area contributed by atoms with Crippen molar-refractivity contribution in [3.05, 3.63) is 96.4 Å². The van der Waals surface area contributed by atoms with E-state index in [-0.39, 0.29) is 70.9 Å². The number of carbonyl (C=O) groups excluding carboxylic acids is 8. The molecular formula is C84H106F6N8O18S2. The number of esters is 2. The summed E-state index contributed by atoms with van der Waals surface area (Å²) in [7, 11) is -8.10. The summed E-state index contributed by atoms with van der Waals surface area (Å²) in [5, 5.41) is 6.50. The van der Waals surface area contributed by atoms with Crippen LogP contribution in [0.15, 0.2) is 73.9 Å². The maximum Gasteiger partial charge on any atom is 0.573 e. The average Bonchev–Trinajstić information content (AvgIpc) is 1.56. The highest BCUT2D eigenvalue weighted by molar-refractivity contribution is 7.92. The van der Waals surface area contributed by atoms with E-state index in [9.17, 15) is 81.5 Å². The molecule has 6 fully saturated rings. The van der Waals surface area contributed by atoms with Crippen molar-refractivity contribution < 1.29 is 110 Å². The van der Waals surface area contributed by atoms with Gasteiger partial charge in [-0.1, -0.05) is 50.0 Å². The number of nitrogens with one attached hydrogen (secondary N) is 4. The number of benzene rings is 2. The maximum atomic E-state index is 14.9. The highest BCUT2D eigenvalue weighted by Crippen LogP contribution is 2.53. The molecule has 4 aromatic rings. The monoisotopic (exact) mass is 1690 g/mol. The standard InChI is InChI=1S/C43H55F3N4O9S.C41H51F3N4O9S/c1-8-10-11-12-13-14-27(21-34(51)58-39(4,5)6)37(53)50-25-41(18-17-30-31-22-29(57-43(44,45)46)15-16-32(31)47-26(3)35(30)59-41)24-33(50)36(52)48-42(23-28(42)9-2)38(54)49-60(55,56)40(7)19-20-40;1-24-33-28(29-20-27(55-41(42,43)44)13-14-30(29)45-24)15-16-39(57-33)22-31-34(50)46-40(36(52)47-58(53,54)38(5)17-18-38)21-26(40)12-10-8-6-7-9-11-25(35(51)48(31)23-39)19-32(49)56-37(2,3)4/h8-9,15-16,22,27-28,33H,1-2,10-14,17-21,23-25H2,3-7H3,(H,48,52)(H,49,54);10,12-14,20,25-26,31H,6-9,11,15-19,21-23H2,1-5H3,(H,46,50)(H,47,52)/b;12-10-/t27-,28-,33?,41-,42-;25-,26-,31+,39-,40-/m11/s1. The number of nitrogens with zero attached hydrogens (tertiary/aromatic N) is 4. The molecule has 6 amide bonds. The van der Waals surface area contributed by atoms with Crippen molar-refractivity contribution in [2.75, 3.05) is 13.1 Å². The van der Waals surface area contributed by atoms with Gasteiger partial charge in [0.05, 0.1) is 57.8 Å². The molecule has 4 saturated carbocycles. The van der Waals surface area contributed by atoms with Crippen molar-refractivity contribution in [2.45, 2.75) is 291 Å². The highest BCUT2D eigenvalue weighted by atomic mass is 32.2. The number of pyridine rings is 2. The van der Waals surface area contributed by atoms with E-state index in [4.69, 9.17) is 18.9 Å². The molecule has 2 spiro atoms. The number of carbonyl (C=O) groups is 8. The molecule has 5 aliphatic heterocycles. The van der Waals surface area contributed by atoms with Crippen LogP contribution in [0.2, 0.25) is 0 Å². The van der Waals surface area contributed by atoms with Gasteiger partial charge in [-0.05, 0) is 208 Å². The summed E-state index contributed by atoms with van der Waals surface area (Å²) >= 11 is 0. The number of unbranched alkanes of at least 4 members (excludes halogenated alkanes) is 3. The van der Waals surface area contributed by atoms with Gasteiger partial charge in [-0.2, -0.15) is 0 Å². The number of sulfonamides is 2. The zero-order valence-corrected chi connectivity index (χ0v) is 69.9. The zero-order chi connectivity index (χ0) is 86.1. The number of fused-ring (bicyclic) bond motifs is 8. The van der Waals surface area contributed by atoms with Crippen LogP contribution in [0.1, 0.15) is 219 Å². The molecule has 10 atom stereocenters. The van der Waals surface area contributed by atoms with Gasteiger partial charge in [-0.15, -0.1) is 39.5 Å². The average molecular weight is 1690 g/mol. The fourth-order valence-electron chi connectivity index (χ4n) is 17.0. The van der Waals surface area contributed by atoms with Crippen LogP contribution in [0.5, 0.6) is 23.0 Å². The highest BCUT2D eigenvalue weighted by Gasteiger charge is 2.66. The Morgan fingerprint density at radius 1 is 0.686 bits per heavy atom. The molecule has 7 heterocycles. The van der Waals surface area contributed by atoms with Crippen LogP contribution in [0, 0.1) is 37.5 Å². The zero-order valence-electron chi connectivity index (χ0n) is 68.3. The van der Waals surface area contributed by atoms with E-state index < -0.39 is 170 Å². The Hall–Kier alpha value is -9.08. The number of alkyl halides is 6. The third-order valence-electron chi connectivity index (χ3n) is 24.2. The number of aryl methyl sites for hydroxylation is 4. The molecule has 13 rings (SSSR count). The lowest BCUT2D eigenvalue weighted by Crippen LogP contribution is -2.57. The Bertz CT molecular complexity index is 4960. The number of hydrogen-bond donors (Lipinski definition) is 4. The molecule has 26 nitrogen and oxygen atoms in total. The van der Waals surface area contributed by atoms with Gasteiger partial charge in [-0.3, -0.25) is 47.8 Å². The molecular weight excluding hydrogens is 1590 g/mol. The van der Waals surface area contributed by atoms with Crippen LogP contribution in [-0.2, 0) is 80.7 Å². The van der Waals surface area contributed by atoms with E-state index in [1.54, 1.807) is 68.4 Å². The van der Waals surface area contributed by atoms with Crippen molar-refractivity contribution in [1.82, 2.24) is 39.8 Å². The van der Waals surface area contributed by atoms with Crippen LogP contribution in [0.4, 0.5) is 26.3 Å². The number of allylic oxidation sites excluding steroid dienone is 2. The van der Waals surface area contributed by atoms with Crippen LogP contribution in [0.3, 0.4) is 0 Å². The van der Waals surface area contributed by atoms with Gasteiger partial charge in [-0.25, -0.2) is 26.8 Å². The summed E-state index contributed by atoms with van der Waals surface area (Å²) in [5.41, 5.74) is -4.20. The Morgan fingerprint density at radius 3 is 1.75 bits per heavy atom. The summed E-state index contributed by atoms with van der Waals surface area (Å²) in [6.07, 6.45) is 6.03. The van der Waals surface area contributed by atoms with Crippen molar-refractivity contribution in [2.24, 2.45) is 23.7 Å². The first-order valence-corrected chi connectivity index (χ1v) is 43.4. The van der Waals surface area contributed by atoms with Crippen molar-refractivity contribution >= 4 is 89.2 Å². The number of rotatable bonds is 22. The second-order valence-electron chi connectivity index (χ2n) is 35.9. The predicted molar refractivity (Wildman–Crippen MR) is 421 cm³/mol. The second-order valence-corrected chi connectivity index (χ2v) is 40.3. The van der Waals surface area contributed by atoms with Gasteiger partial charge in [0.25, 0.3) is 11.8 Å². The first-order chi connectivity index (χ1) is 55.0. The number of aromatic nitrogens is 2. The minimum atomic E-state index is -4.91. The van der Waals surface area contributed by atoms with Gasteiger partial charge in [0.1, 0.15) is 68.6 Å². The number of amides is 6. The minimum Gasteiger partial charge on any atom is -0.483 e. The number of ether oxygens (including phenoxy) is 6. The first kappa shape index (κ1) is 88.2. The summed E-state index contributed by atoms with van der Waals surface area (Å²) in [5.74, 6) is -8.22. The van der Waals surface area contributed by atoms with Gasteiger partial charge in [0.2, 0.25) is 43.7 Å². The SMILES string of the molecule is C=CCCCCC[C@H](CC(=O)OC(C)(C)C)C(=O)N1C[C@@]2(CCc3c(c(C)nc4ccc(OC(F)(F)F)cc34)O2)CC1C(=O)N[C@]1(C(=O)NS(=O)(=O)C2(C)CC2)C[C@H]1C=C.Cc1nc2ccc(OC(F)(F)F)cc2c2c1O[C@]1(CC2)C[C@H]2C(=O)N[C@]3(C(=O)NS(=O)(=O)C4(C)CC4)C[C@H]3/C=C\CCCCC[C@H](CC(=O)OC(C)(C)C)C(=O)N2C1. The molecule has 118 heavy (non-hydrogen) atoms. The first-order valence-electron chi connectivity index (χ1n) is 40.5. The normalized spacial score (nSPS) is 26.9. The Kier molecular flexibility index (Phi) is 24.3. The molecule has 2 saturated heterocycles. The molecule has 2 aromatic heterocycles. The molecule has 34 heteroatoms. The minimum absolute atomic E-state index is 0.0214. The predicted octanol–water partition coefficient (Wildman–Crippen LogP) is 12.5. The van der Waals surface area contributed by atoms with Gasteiger partial charge < -0.3 is 48.9 Å². The topological polar surface area (TPSA) is 341 Å². The number of hydrogen-bond acceptors (Lipinski definition) is 20. The largest absolute Gasteiger partial charge is 0.573 e. The van der Waals surface area contributed by atoms with E-state index in [0.29, 0.717) is 120 Å². The number of likely N-dealkylation sites (tertiary alicyclic amines) is 1. The van der Waals surface area contributed by atoms with Crippen LogP contribution in [-0.4, -0.2) is 165 Å². The maximum absolute atomic E-state index is 14.9. The van der Waals surface area contributed by atoms with E-state index in [0.717, 1.165) is 32.1 Å². The van der Waals surface area contributed by atoms with E-state index in [2.05, 4.69) is 52.7 Å². The van der Waals surface area contributed by atoms with Crippen LogP contribution in [0.25, 0.3) is 21.8 Å². The fourth-order valence-corrected chi connectivity index (χ4v) is 19.6. The van der Waals surface area contributed by atoms with Gasteiger partial charge >= 0.3 is 24.7 Å². The molecule has 4 N–H and O–H groups in total. The molecule has 644 valence electrons. The third kappa shape index (κ3) is 19.5. The van der Waals surface area contributed by atoms with Crippen molar-refractivity contribution in [1.29, 1.82) is 0 Å². The molecule has 2 aromatic carbocycles. The molecule has 0 radical (unpaired) electrons. The van der Waals surface area contributed by atoms with Crippen molar-refractivity contribution in [3.8, 4) is 23.0 Å². The Morgan fingerprint density at radius 2 is 1.23 bits per heavy atom. The van der Waals surface area contributed by atoms with E-state index >= 15 is 0 Å². The Labute approximate surface area is 682 Å². The molecule has 9 aliphatic rings. The summed E-state index contributed by atoms with van der Waals surface area (Å²) < 4.78 is 167. The quantitative estimate of drug-likeness (QED) is 0.0246. The van der Waals surface area contributed by atoms with Gasteiger partial charge in [0.15, 0.2) is 0 Å². The van der Waals surface area contributed by atoms with Crippen LogP contribution < -0.4 is 39.0 Å². The molecule has 4 aliphatic carbocycles. The third-order valence-corrected chi connectivity index (χ3v) is 28.5. The lowest BCUT2D eigenvalue weighted by Gasteiger charge is -2.36. The molecule has 0 bridgehead atoms. The lowest BCUT2D eigenvalue weighted by atomic mass is 9.87. The number of halogens is 6. The Balaban J connectivity index is 0.000000217. The lowest BCUT2D eigenvalue weighted by molar-refractivity contribution is -0.275. The van der Waals surface area contributed by atoms with Crippen molar-refractivity contribution in [3.63, 3.8) is 0 Å². The van der Waals surface area contributed by atoms with E-state index in [1.807, 2.05) is 12.2 Å². The molecule has 1 unspecified atom stereocenters. The summed E-state index contributed by atoms with van der Waals surface area (Å²) in [6, 6.07) is 5.35. The van der Waals surface area contributed by atoms with Gasteiger partial charge in [0, 0.05) is 58.4 Å². The second kappa shape index (κ2) is 32.5.